The van der Waals surface area contributed by atoms with Gasteiger partial charge in [-0.15, -0.1) is 14.7 Å². The van der Waals surface area contributed by atoms with Crippen LogP contribution >= 0.6 is 0 Å². The molecule has 0 fully saturated rings. The summed E-state index contributed by atoms with van der Waals surface area (Å²) in [6.07, 6.45) is 0. The van der Waals surface area contributed by atoms with Crippen molar-refractivity contribution >= 4 is 33.9 Å². The molecule has 0 spiro atoms. The van der Waals surface area contributed by atoms with Crippen LogP contribution < -0.4 is 30.5 Å². The van der Waals surface area contributed by atoms with E-state index in [0.717, 1.165) is 16.7 Å². The summed E-state index contributed by atoms with van der Waals surface area (Å²) in [5.74, 6) is 1.25. The third-order valence-electron chi connectivity index (χ3n) is 10.5. The second-order valence-corrected chi connectivity index (χ2v) is 15.8. The van der Waals surface area contributed by atoms with E-state index in [2.05, 4.69) is 45.5 Å². The Morgan fingerprint density at radius 1 is 0.333 bits per heavy atom. The number of hydrogen-bond donors (Lipinski definition) is 15. The predicted molar refractivity (Wildman–Crippen MR) is 340 cm³/mol. The van der Waals surface area contributed by atoms with Crippen molar-refractivity contribution in [2.45, 2.75) is 0 Å². The second-order valence-electron chi connectivity index (χ2n) is 15.8. The third kappa shape index (κ3) is 35.5. The largest absolute Gasteiger partial charge is 0.497 e. The zero-order valence-electron chi connectivity index (χ0n) is 51.1. The minimum Gasteiger partial charge on any atom is -0.497 e. The van der Waals surface area contributed by atoms with Crippen molar-refractivity contribution in [1.82, 2.24) is 16.3 Å². The van der Waals surface area contributed by atoms with Gasteiger partial charge in [-0.2, -0.15) is 0 Å². The maximum atomic E-state index is 9.27. The number of methoxy groups -OCH3 is 6. The van der Waals surface area contributed by atoms with Crippen LogP contribution in [0.5, 0.6) is 17.2 Å². The summed E-state index contributed by atoms with van der Waals surface area (Å²) >= 11 is 0. The van der Waals surface area contributed by atoms with E-state index in [1.807, 2.05) is 70.9 Å². The summed E-state index contributed by atoms with van der Waals surface area (Å²) in [5, 5.41) is 122. The number of nitrogens with zero attached hydrogens (tertiary/aromatic N) is 6. The Kier molecular flexibility index (Phi) is 51.8. The van der Waals surface area contributed by atoms with Gasteiger partial charge in [0.1, 0.15) is 34.4 Å². The van der Waals surface area contributed by atoms with E-state index < -0.39 is 0 Å². The molecule has 90 heavy (non-hydrogen) atoms. The lowest BCUT2D eigenvalue weighted by Crippen LogP contribution is -2.06. The van der Waals surface area contributed by atoms with Gasteiger partial charge in [0.15, 0.2) is 0 Å². The Labute approximate surface area is 520 Å². The van der Waals surface area contributed by atoms with Crippen molar-refractivity contribution in [2.75, 3.05) is 103 Å². The summed E-state index contributed by atoms with van der Waals surface area (Å²) in [6, 6.07) is 48.2. The summed E-state index contributed by atoms with van der Waals surface area (Å²) in [6.45, 7) is -1.64. The van der Waals surface area contributed by atoms with Gasteiger partial charge in [0, 0.05) is 53.7 Å². The number of oxime groups is 3. The van der Waals surface area contributed by atoms with Crippen LogP contribution in [0.25, 0.3) is 16.7 Å². The number of aliphatic hydroxyl groups excluding tert-OH is 9. The predicted octanol–water partition coefficient (Wildman–Crippen LogP) is 6.91. The Morgan fingerprint density at radius 3 is 0.678 bits per heavy atom. The Balaban J connectivity index is -0.000000972. The third-order valence-corrected chi connectivity index (χ3v) is 10.5. The molecule has 0 aliphatic rings. The van der Waals surface area contributed by atoms with Crippen LogP contribution in [0, 0.1) is 14.7 Å². The van der Waals surface area contributed by atoms with Crippen LogP contribution in [-0.4, -0.2) is 182 Å². The van der Waals surface area contributed by atoms with E-state index >= 15 is 0 Å². The lowest BCUT2D eigenvalue weighted by molar-refractivity contribution is 0.135. The summed E-state index contributed by atoms with van der Waals surface area (Å²) in [5.41, 5.74) is 12.0. The molecule has 0 aliphatic carbocycles. The first-order valence-corrected chi connectivity index (χ1v) is 25.8. The minimum absolute atomic E-state index is 0.221. The molecular weight excluding hydrogens is 1180 g/mol. The van der Waals surface area contributed by atoms with Crippen molar-refractivity contribution in [3.05, 3.63) is 230 Å². The van der Waals surface area contributed by atoms with Crippen molar-refractivity contribution in [2.24, 2.45) is 31.3 Å². The molecule has 0 saturated carbocycles. The smallest absolute Gasteiger partial charge is 0.282 e. The van der Waals surface area contributed by atoms with Gasteiger partial charge in [-0.1, -0.05) is 143 Å². The number of nitrogens with one attached hydrogen (secondary N) is 3. The van der Waals surface area contributed by atoms with E-state index in [1.54, 1.807) is 131 Å². The van der Waals surface area contributed by atoms with Crippen LogP contribution in [-0.2, 0) is 14.2 Å². The lowest BCUT2D eigenvalue weighted by atomic mass is 10.1. The van der Waals surface area contributed by atoms with Crippen molar-refractivity contribution < 1.29 is 90.0 Å². The number of hydrogen-bond acceptors (Lipinski definition) is 27. The first-order valence-electron chi connectivity index (χ1n) is 25.8. The molecule has 0 aliphatic heterocycles. The molecule has 0 unspecified atom stereocenters. The first-order chi connectivity index (χ1) is 43.6. The maximum Gasteiger partial charge on any atom is 0.282 e. The normalized spacial score (nSPS) is 10.9. The van der Waals surface area contributed by atoms with E-state index in [-0.39, 0.29) is 74.6 Å². The van der Waals surface area contributed by atoms with Crippen LogP contribution in [0.1, 0.15) is 33.4 Å². The van der Waals surface area contributed by atoms with Gasteiger partial charge in [-0.3, -0.25) is 16.3 Å². The SMILES string of the molecule is CNN=O.CNN=O.CNN=O.CO/C(O)=C(/CO)c1ccccc1.CO/C(O)=C(\CO)c1ccccc1.COC(O)=C(CO)c1ccccc1.COc1cccc(/C(CO)=N/O)c1.COc1cccc(/C(CO)=N\O)c1.COc1cccc(C(CO)=NO)c1. The molecule has 30 nitrogen and oxygen atoms in total. The van der Waals surface area contributed by atoms with Crippen molar-refractivity contribution in [1.29, 1.82) is 0 Å². The van der Waals surface area contributed by atoms with E-state index in [4.69, 9.17) is 75.2 Å². The van der Waals surface area contributed by atoms with Crippen molar-refractivity contribution in [3.63, 3.8) is 0 Å². The molecule has 0 saturated heterocycles. The Hall–Kier alpha value is -10.9. The minimum atomic E-state index is -0.302. The molecule has 0 atom stereocenters. The molecule has 0 radical (unpaired) electrons. The van der Waals surface area contributed by atoms with E-state index in [0.29, 0.717) is 50.7 Å². The fourth-order valence-electron chi connectivity index (χ4n) is 6.08. The highest BCUT2D eigenvalue weighted by Gasteiger charge is 2.10. The fraction of sp³-hybridized carbons (Fsp3) is 0.250. The van der Waals surface area contributed by atoms with Gasteiger partial charge < -0.3 is 90.0 Å². The van der Waals surface area contributed by atoms with Crippen molar-refractivity contribution in [3.8, 4) is 17.2 Å². The molecule has 492 valence electrons. The molecular formula is C60H81N9O21. The highest BCUT2D eigenvalue weighted by Crippen LogP contribution is 2.20. The zero-order chi connectivity index (χ0) is 68.3. The monoisotopic (exact) mass is 1260 g/mol. The number of ether oxygens (including phenoxy) is 6. The standard InChI is InChI=1S/3C10H12O3.3C9H11NO3.3CH4N2O/c3*1-13-10(12)9(7-11)8-5-3-2-4-6-8;3*1-13-8-4-2-3-7(5-8)9(6-11)10-12;3*1-2-3-4/h3*2-6,11-12H,7H2,1H3;3*2-5,11-12H,6H2,1H3;3*1H3,(H,2,4)/b10-9+;10-9-;;10-9+;10-9-;;;;. The molecule has 15 N–H and O–H groups in total. The number of aliphatic hydroxyl groups is 9. The zero-order valence-corrected chi connectivity index (χ0v) is 51.1. The number of benzene rings is 6. The maximum absolute atomic E-state index is 9.27. The molecule has 30 heteroatoms. The highest BCUT2D eigenvalue weighted by atomic mass is 16.6. The molecule has 6 aromatic carbocycles. The van der Waals surface area contributed by atoms with Gasteiger partial charge in [0.2, 0.25) is 0 Å². The molecule has 0 amide bonds. The first kappa shape index (κ1) is 83.3. The average molecular weight is 1260 g/mol. The lowest BCUT2D eigenvalue weighted by Gasteiger charge is -2.06. The Morgan fingerprint density at radius 2 is 0.533 bits per heavy atom. The fourth-order valence-corrected chi connectivity index (χ4v) is 6.08. The van der Waals surface area contributed by atoms with Crippen LogP contribution in [0.15, 0.2) is 213 Å². The molecule has 6 aromatic rings. The summed E-state index contributed by atoms with van der Waals surface area (Å²) in [4.78, 5) is 26.4. The molecule has 6 rings (SSSR count). The van der Waals surface area contributed by atoms with Crippen LogP contribution in [0.2, 0.25) is 0 Å². The summed E-state index contributed by atoms with van der Waals surface area (Å²) in [7, 11) is 13.1. The quantitative estimate of drug-likeness (QED) is 0.0114. The van der Waals surface area contributed by atoms with E-state index in [9.17, 15) is 15.3 Å². The number of nitroso groups, excluding NO2 is 3. The molecule has 0 heterocycles. The molecule has 0 bridgehead atoms. The second kappa shape index (κ2) is 55.9. The molecule has 0 aromatic heterocycles. The van der Waals surface area contributed by atoms with Gasteiger partial charge in [-0.05, 0) is 53.1 Å². The van der Waals surface area contributed by atoms with Gasteiger partial charge in [-0.25, -0.2) is 0 Å². The topological polar surface area (TPSA) is 460 Å². The average Bonchev–Trinajstić information content (AvgIpc) is 3.82. The number of rotatable bonds is 21. The Bertz CT molecular complexity index is 2710. The highest BCUT2D eigenvalue weighted by molar-refractivity contribution is 6.02. The summed E-state index contributed by atoms with van der Waals surface area (Å²) < 4.78 is 28.8. The van der Waals surface area contributed by atoms with Gasteiger partial charge >= 0.3 is 0 Å². The van der Waals surface area contributed by atoms with Crippen LogP contribution in [0.3, 0.4) is 0 Å². The van der Waals surface area contributed by atoms with Gasteiger partial charge in [0.05, 0.1) is 99.0 Å². The van der Waals surface area contributed by atoms with E-state index in [1.165, 1.54) is 42.5 Å². The van der Waals surface area contributed by atoms with Gasteiger partial charge in [0.25, 0.3) is 17.8 Å². The van der Waals surface area contributed by atoms with Crippen LogP contribution in [0.4, 0.5) is 0 Å².